The average molecular weight is 334 g/mol. The van der Waals surface area contributed by atoms with Crippen molar-refractivity contribution < 1.29 is 4.39 Å². The van der Waals surface area contributed by atoms with Crippen molar-refractivity contribution >= 4 is 34.6 Å². The third-order valence-electron chi connectivity index (χ3n) is 3.41. The Balaban J connectivity index is 1.90. The number of halogens is 2. The summed E-state index contributed by atoms with van der Waals surface area (Å²) in [5.41, 5.74) is 1.19. The monoisotopic (exact) mass is 333 g/mol. The zero-order valence-electron chi connectivity index (χ0n) is 11.1. The van der Waals surface area contributed by atoms with E-state index in [0.29, 0.717) is 16.5 Å². The van der Waals surface area contributed by atoms with Gasteiger partial charge in [-0.3, -0.25) is 0 Å². The van der Waals surface area contributed by atoms with Gasteiger partial charge < -0.3 is 5.32 Å². The van der Waals surface area contributed by atoms with Gasteiger partial charge in [0.15, 0.2) is 0 Å². The second-order valence-corrected chi connectivity index (χ2v) is 6.06. The van der Waals surface area contributed by atoms with Gasteiger partial charge in [-0.25, -0.2) is 4.39 Å². The summed E-state index contributed by atoms with van der Waals surface area (Å²) >= 11 is 7.78. The molecule has 5 nitrogen and oxygen atoms in total. The second kappa shape index (κ2) is 5.19. The highest BCUT2D eigenvalue weighted by molar-refractivity contribution is 7.11. The quantitative estimate of drug-likeness (QED) is 0.778. The van der Waals surface area contributed by atoms with Gasteiger partial charge in [-0.05, 0) is 40.1 Å². The summed E-state index contributed by atoms with van der Waals surface area (Å²) < 4.78 is 15.8. The van der Waals surface area contributed by atoms with Crippen LogP contribution < -0.4 is 5.32 Å². The highest BCUT2D eigenvalue weighted by Gasteiger charge is 2.28. The highest BCUT2D eigenvalue weighted by atomic mass is 35.5. The van der Waals surface area contributed by atoms with Gasteiger partial charge in [0, 0.05) is 10.6 Å². The summed E-state index contributed by atoms with van der Waals surface area (Å²) in [6, 6.07) is 8.04. The van der Waals surface area contributed by atoms with Crippen molar-refractivity contribution in [2.75, 3.05) is 5.32 Å². The molecule has 3 aromatic rings. The van der Waals surface area contributed by atoms with Crippen LogP contribution in [0.25, 0.3) is 5.70 Å². The van der Waals surface area contributed by atoms with Gasteiger partial charge in [0.05, 0.1) is 10.6 Å². The number of allylic oxidation sites excluding steroid dienone is 1. The average Bonchev–Trinajstić information content (AvgIpc) is 3.18. The smallest absolute Gasteiger partial charge is 0.248 e. The summed E-state index contributed by atoms with van der Waals surface area (Å²) in [5.74, 6) is 0.0675. The minimum atomic E-state index is -0.503. The Kier molecular flexibility index (Phi) is 3.16. The molecule has 0 spiro atoms. The van der Waals surface area contributed by atoms with Crippen molar-refractivity contribution in [3.8, 4) is 0 Å². The van der Waals surface area contributed by atoms with Crippen LogP contribution in [-0.2, 0) is 0 Å². The van der Waals surface area contributed by atoms with Gasteiger partial charge in [-0.2, -0.15) is 4.68 Å². The molecule has 1 atom stereocenters. The van der Waals surface area contributed by atoms with Gasteiger partial charge in [-0.15, -0.1) is 11.3 Å². The lowest BCUT2D eigenvalue weighted by Crippen LogP contribution is -2.21. The molecule has 1 aromatic carbocycles. The molecule has 2 aromatic heterocycles. The first-order chi connectivity index (χ1) is 10.7. The lowest BCUT2D eigenvalue weighted by molar-refractivity contribution is 0.540. The number of fused-ring (bicyclic) bond motifs is 1. The largest absolute Gasteiger partial charge is 0.322 e. The lowest BCUT2D eigenvalue weighted by Gasteiger charge is -2.23. The van der Waals surface area contributed by atoms with Crippen molar-refractivity contribution in [1.82, 2.24) is 20.2 Å². The van der Waals surface area contributed by atoms with Gasteiger partial charge >= 0.3 is 0 Å². The molecule has 22 heavy (non-hydrogen) atoms. The molecule has 1 aliphatic heterocycles. The van der Waals surface area contributed by atoms with Gasteiger partial charge in [-0.1, -0.05) is 28.8 Å². The topological polar surface area (TPSA) is 55.6 Å². The van der Waals surface area contributed by atoms with E-state index < -0.39 is 6.04 Å². The SMILES string of the molecule is Fc1cccc(Cl)c1C1C=C(c2cccs2)Nc2nnnn21. The number of benzene rings is 1. The lowest BCUT2D eigenvalue weighted by atomic mass is 10.0. The van der Waals surface area contributed by atoms with E-state index in [-0.39, 0.29) is 5.82 Å². The Morgan fingerprint density at radius 1 is 1.27 bits per heavy atom. The minimum absolute atomic E-state index is 0.343. The predicted octanol–water partition coefficient (Wildman–Crippen LogP) is 3.58. The fourth-order valence-corrected chi connectivity index (χ4v) is 3.41. The van der Waals surface area contributed by atoms with Crippen molar-refractivity contribution in [2.45, 2.75) is 6.04 Å². The van der Waals surface area contributed by atoms with E-state index in [1.54, 1.807) is 23.5 Å². The molecule has 0 fully saturated rings. The van der Waals surface area contributed by atoms with E-state index in [2.05, 4.69) is 20.8 Å². The van der Waals surface area contributed by atoms with E-state index in [1.165, 1.54) is 10.7 Å². The molecular weight excluding hydrogens is 325 g/mol. The summed E-state index contributed by atoms with van der Waals surface area (Å²) in [6.07, 6.45) is 1.87. The molecule has 0 saturated heterocycles. The highest BCUT2D eigenvalue weighted by Crippen LogP contribution is 2.36. The summed E-state index contributed by atoms with van der Waals surface area (Å²) in [6.45, 7) is 0. The Morgan fingerprint density at radius 3 is 2.95 bits per heavy atom. The van der Waals surface area contributed by atoms with Gasteiger partial charge in [0.2, 0.25) is 5.95 Å². The number of rotatable bonds is 2. The van der Waals surface area contributed by atoms with Crippen LogP contribution in [0.15, 0.2) is 41.8 Å². The van der Waals surface area contributed by atoms with E-state index >= 15 is 0 Å². The Bertz CT molecular complexity index is 838. The van der Waals surface area contributed by atoms with Crippen molar-refractivity contribution in [2.24, 2.45) is 0 Å². The number of thiophene rings is 1. The molecule has 8 heteroatoms. The molecule has 1 N–H and O–H groups in total. The fourth-order valence-electron chi connectivity index (χ4n) is 2.43. The minimum Gasteiger partial charge on any atom is -0.322 e. The molecule has 1 aliphatic rings. The van der Waals surface area contributed by atoms with Crippen molar-refractivity contribution in [3.05, 3.63) is 63.1 Å². The van der Waals surface area contributed by atoms with E-state index in [0.717, 1.165) is 10.6 Å². The normalized spacial score (nSPS) is 16.8. The maximum Gasteiger partial charge on any atom is 0.248 e. The predicted molar refractivity (Wildman–Crippen MR) is 83.3 cm³/mol. The van der Waals surface area contributed by atoms with Gasteiger partial charge in [0.25, 0.3) is 0 Å². The maximum absolute atomic E-state index is 14.3. The number of aromatic nitrogens is 4. The first-order valence-corrected chi connectivity index (χ1v) is 7.74. The zero-order valence-corrected chi connectivity index (χ0v) is 12.6. The Labute approximate surface area is 134 Å². The van der Waals surface area contributed by atoms with Crippen LogP contribution in [0.3, 0.4) is 0 Å². The van der Waals surface area contributed by atoms with Crippen molar-refractivity contribution in [3.63, 3.8) is 0 Å². The zero-order chi connectivity index (χ0) is 15.1. The number of hydrogen-bond acceptors (Lipinski definition) is 5. The third-order valence-corrected chi connectivity index (χ3v) is 4.64. The number of hydrogen-bond donors (Lipinski definition) is 1. The van der Waals surface area contributed by atoms with E-state index in [4.69, 9.17) is 11.6 Å². The Hall–Kier alpha value is -2.25. The molecule has 110 valence electrons. The molecule has 4 rings (SSSR count). The Morgan fingerprint density at radius 2 is 2.18 bits per heavy atom. The molecule has 1 unspecified atom stereocenters. The molecule has 0 bridgehead atoms. The van der Waals surface area contributed by atoms with E-state index in [1.807, 2.05) is 23.6 Å². The number of nitrogens with one attached hydrogen (secondary N) is 1. The van der Waals surface area contributed by atoms with Crippen LogP contribution in [0.5, 0.6) is 0 Å². The summed E-state index contributed by atoms with van der Waals surface area (Å²) in [5, 5.41) is 17.0. The van der Waals surface area contributed by atoms with Crippen LogP contribution in [0.2, 0.25) is 5.02 Å². The van der Waals surface area contributed by atoms with Crippen LogP contribution >= 0.6 is 22.9 Å². The van der Waals surface area contributed by atoms with Crippen LogP contribution in [0.1, 0.15) is 16.5 Å². The van der Waals surface area contributed by atoms with Crippen LogP contribution in [0.4, 0.5) is 10.3 Å². The fraction of sp³-hybridized carbons (Fsp3) is 0.0714. The van der Waals surface area contributed by atoms with Crippen LogP contribution in [-0.4, -0.2) is 20.2 Å². The first kappa shape index (κ1) is 13.4. The summed E-state index contributed by atoms with van der Waals surface area (Å²) in [7, 11) is 0. The molecule has 0 radical (unpaired) electrons. The maximum atomic E-state index is 14.3. The summed E-state index contributed by atoms with van der Waals surface area (Å²) in [4.78, 5) is 1.02. The molecule has 3 heterocycles. The number of tetrazole rings is 1. The standard InChI is InChI=1S/C14H9ClFN5S/c15-8-3-1-4-9(16)13(8)11-7-10(12-5-2-6-22-12)17-14-18-19-20-21(11)14/h1-7,11H,(H,17,18,20). The third kappa shape index (κ3) is 2.10. The molecule has 0 aliphatic carbocycles. The van der Waals surface area contributed by atoms with Crippen LogP contribution in [0, 0.1) is 5.82 Å². The molecule has 0 amide bonds. The van der Waals surface area contributed by atoms with Crippen molar-refractivity contribution in [1.29, 1.82) is 0 Å². The molecular formula is C14H9ClFN5S. The second-order valence-electron chi connectivity index (χ2n) is 4.71. The first-order valence-electron chi connectivity index (χ1n) is 6.48. The number of nitrogens with zero attached hydrogens (tertiary/aromatic N) is 4. The van der Waals surface area contributed by atoms with Gasteiger partial charge in [0.1, 0.15) is 11.9 Å². The number of anilines is 1. The molecule has 0 saturated carbocycles. The van der Waals surface area contributed by atoms with E-state index in [9.17, 15) is 4.39 Å².